The van der Waals surface area contributed by atoms with Crippen LogP contribution >= 0.6 is 18.9 Å². The molecule has 0 radical (unpaired) electrons. The van der Waals surface area contributed by atoms with E-state index in [9.17, 15) is 43.2 Å². The van der Waals surface area contributed by atoms with Gasteiger partial charge in [-0.3, -0.25) is 23.7 Å². The summed E-state index contributed by atoms with van der Waals surface area (Å²) in [6.07, 6.45) is 5.44. The standard InChI is InChI=1S/C32H35FN5O7PS/c1-36-11-10-18(14-28(36)39)23-17-37(16-21(23)15-34)32(42)25-8-7-22-4-2-3-5-24(31(41)38(22)25)35-30(40)27-13-20-12-19(6-9-26(20)47-27)29(33)46(43,44)45/h6,9-14,21-25,29H,2-5,7-8,16-17H2,1H3,(H,35,40)(H2,43,44,45)/t21-,22+,23+,24?,25+,29?/m1/s1. The van der Waals surface area contributed by atoms with Crippen molar-refractivity contribution in [1.29, 1.82) is 5.26 Å². The number of thiophene rings is 1. The summed E-state index contributed by atoms with van der Waals surface area (Å²) < 4.78 is 27.7. The van der Waals surface area contributed by atoms with E-state index < -0.39 is 37.4 Å². The van der Waals surface area contributed by atoms with E-state index in [2.05, 4.69) is 11.4 Å². The molecule has 3 aliphatic heterocycles. The van der Waals surface area contributed by atoms with Gasteiger partial charge in [-0.25, -0.2) is 4.39 Å². The number of rotatable bonds is 6. The Kier molecular flexibility index (Phi) is 9.11. The SMILES string of the molecule is Cn1ccc([C@@H]2CN(C(=O)[C@@H]3CC[C@@H]4CCCCC(NC(=O)c5cc6cc(C(F)P(=O)(O)O)ccc6s5)C(=O)N43)C[C@H]2C#N)cc1=O. The lowest BCUT2D eigenvalue weighted by Crippen LogP contribution is -2.56. The van der Waals surface area contributed by atoms with Crippen LogP contribution < -0.4 is 10.9 Å². The fraction of sp³-hybridized carbons (Fsp3) is 0.469. The maximum absolute atomic E-state index is 14.3. The van der Waals surface area contributed by atoms with E-state index in [1.165, 1.54) is 34.9 Å². The van der Waals surface area contributed by atoms with E-state index in [4.69, 9.17) is 0 Å². The van der Waals surface area contributed by atoms with Gasteiger partial charge in [0.05, 0.1) is 16.9 Å². The molecule has 15 heteroatoms. The normalized spacial score (nSPS) is 25.6. The number of halogens is 1. The van der Waals surface area contributed by atoms with Crippen LogP contribution in [0, 0.1) is 17.2 Å². The molecule has 5 heterocycles. The van der Waals surface area contributed by atoms with Gasteiger partial charge in [-0.2, -0.15) is 5.26 Å². The molecule has 3 N–H and O–H groups in total. The molecule has 6 rings (SSSR count). The topological polar surface area (TPSA) is 173 Å². The zero-order valence-electron chi connectivity index (χ0n) is 25.6. The van der Waals surface area contributed by atoms with E-state index in [1.54, 1.807) is 29.1 Å². The molecule has 0 saturated carbocycles. The second kappa shape index (κ2) is 13.0. The van der Waals surface area contributed by atoms with Crippen LogP contribution in [-0.2, 0) is 21.2 Å². The Hall–Kier alpha value is -3.89. The number of carbonyl (C=O) groups is 3. The summed E-state index contributed by atoms with van der Waals surface area (Å²) in [5.74, 6) is -4.38. The van der Waals surface area contributed by atoms with Gasteiger partial charge in [-0.05, 0) is 66.5 Å². The predicted molar refractivity (Wildman–Crippen MR) is 171 cm³/mol. The molecule has 0 aliphatic carbocycles. The Morgan fingerprint density at radius 2 is 1.85 bits per heavy atom. The van der Waals surface area contributed by atoms with Gasteiger partial charge in [-0.1, -0.05) is 18.9 Å². The van der Waals surface area contributed by atoms with Crippen molar-refractivity contribution in [2.45, 2.75) is 68.5 Å². The van der Waals surface area contributed by atoms with Crippen LogP contribution in [0.5, 0.6) is 0 Å². The third-order valence-electron chi connectivity index (χ3n) is 9.61. The minimum Gasteiger partial charge on any atom is -0.340 e. The predicted octanol–water partition coefficient (Wildman–Crippen LogP) is 3.54. The highest BCUT2D eigenvalue weighted by molar-refractivity contribution is 7.51. The average Bonchev–Trinajstić information content (AvgIpc) is 3.78. The number of likely N-dealkylation sites (tertiary alicyclic amines) is 1. The third-order valence-corrected chi connectivity index (χ3v) is 11.6. The van der Waals surface area contributed by atoms with Gasteiger partial charge < -0.3 is 29.5 Å². The Labute approximate surface area is 273 Å². The molecule has 2 aromatic heterocycles. The fourth-order valence-electron chi connectivity index (χ4n) is 7.11. The number of aromatic nitrogens is 1. The Bertz CT molecular complexity index is 1880. The largest absolute Gasteiger partial charge is 0.363 e. The van der Waals surface area contributed by atoms with Gasteiger partial charge in [0.2, 0.25) is 17.7 Å². The lowest BCUT2D eigenvalue weighted by atomic mass is 9.91. The maximum atomic E-state index is 14.3. The summed E-state index contributed by atoms with van der Waals surface area (Å²) in [6, 6.07) is 9.41. The molecule has 1 aromatic carbocycles. The molecule has 47 heavy (non-hydrogen) atoms. The summed E-state index contributed by atoms with van der Waals surface area (Å²) >= 11 is 1.11. The van der Waals surface area contributed by atoms with Crippen LogP contribution in [-0.4, -0.2) is 73.1 Å². The minimum absolute atomic E-state index is 0.149. The molecular formula is C32H35FN5O7PS. The van der Waals surface area contributed by atoms with Crippen molar-refractivity contribution in [3.63, 3.8) is 0 Å². The van der Waals surface area contributed by atoms with Crippen LogP contribution in [0.25, 0.3) is 10.1 Å². The first kappa shape index (κ1) is 33.0. The molecule has 3 saturated heterocycles. The van der Waals surface area contributed by atoms with Crippen molar-refractivity contribution in [2.75, 3.05) is 13.1 Å². The highest BCUT2D eigenvalue weighted by Crippen LogP contribution is 2.53. The molecular weight excluding hydrogens is 648 g/mol. The van der Waals surface area contributed by atoms with Gasteiger partial charge in [0.15, 0.2) is 0 Å². The summed E-state index contributed by atoms with van der Waals surface area (Å²) in [4.78, 5) is 75.7. The van der Waals surface area contributed by atoms with Gasteiger partial charge in [0, 0.05) is 49.1 Å². The van der Waals surface area contributed by atoms with E-state index >= 15 is 0 Å². The van der Waals surface area contributed by atoms with Crippen LogP contribution in [0.1, 0.15) is 71.2 Å². The van der Waals surface area contributed by atoms with Crippen LogP contribution in [0.2, 0.25) is 0 Å². The van der Waals surface area contributed by atoms with Crippen molar-refractivity contribution in [3.8, 4) is 6.07 Å². The summed E-state index contributed by atoms with van der Waals surface area (Å²) in [7, 11) is -3.36. The number of benzene rings is 1. The van der Waals surface area contributed by atoms with Crippen LogP contribution in [0.15, 0.2) is 47.4 Å². The second-order valence-electron chi connectivity index (χ2n) is 12.6. The number of carbonyl (C=O) groups excluding carboxylic acids is 3. The molecule has 2 unspecified atom stereocenters. The van der Waals surface area contributed by atoms with Gasteiger partial charge in [-0.15, -0.1) is 11.3 Å². The third kappa shape index (κ3) is 6.50. The van der Waals surface area contributed by atoms with E-state index in [1.807, 2.05) is 0 Å². The Balaban J connectivity index is 1.19. The molecule has 3 aromatic rings. The van der Waals surface area contributed by atoms with Crippen LogP contribution in [0.3, 0.4) is 0 Å². The van der Waals surface area contributed by atoms with Crippen molar-refractivity contribution < 1.29 is 33.1 Å². The molecule has 248 valence electrons. The fourth-order valence-corrected chi connectivity index (χ4v) is 8.61. The van der Waals surface area contributed by atoms with E-state index in [0.717, 1.165) is 24.2 Å². The van der Waals surface area contributed by atoms with Gasteiger partial charge in [0.25, 0.3) is 11.5 Å². The maximum Gasteiger partial charge on any atom is 0.363 e. The number of nitrogens with zero attached hydrogens (tertiary/aromatic N) is 4. The Morgan fingerprint density at radius 1 is 1.09 bits per heavy atom. The first-order valence-electron chi connectivity index (χ1n) is 15.6. The molecule has 6 atom stereocenters. The number of nitriles is 1. The number of alkyl halides is 1. The second-order valence-corrected chi connectivity index (χ2v) is 15.3. The number of amides is 3. The number of hydrogen-bond acceptors (Lipinski definition) is 7. The average molecular weight is 684 g/mol. The highest BCUT2D eigenvalue weighted by atomic mass is 32.1. The molecule has 3 fully saturated rings. The summed E-state index contributed by atoms with van der Waals surface area (Å²) in [5, 5.41) is 13.2. The first-order valence-corrected chi connectivity index (χ1v) is 18.1. The van der Waals surface area contributed by atoms with Crippen molar-refractivity contribution in [1.82, 2.24) is 19.7 Å². The summed E-state index contributed by atoms with van der Waals surface area (Å²) in [6.45, 7) is 0.460. The number of pyridine rings is 1. The van der Waals surface area contributed by atoms with Crippen LogP contribution in [0.4, 0.5) is 4.39 Å². The lowest BCUT2D eigenvalue weighted by molar-refractivity contribution is -0.146. The zero-order chi connectivity index (χ0) is 33.6. The number of hydrogen-bond donors (Lipinski definition) is 3. The quantitative estimate of drug-likeness (QED) is 0.331. The van der Waals surface area contributed by atoms with Gasteiger partial charge in [0.1, 0.15) is 12.1 Å². The molecule has 12 nitrogen and oxygen atoms in total. The highest BCUT2D eigenvalue weighted by Gasteiger charge is 2.47. The monoisotopic (exact) mass is 683 g/mol. The lowest BCUT2D eigenvalue weighted by Gasteiger charge is -2.36. The van der Waals surface area contributed by atoms with E-state index in [0.29, 0.717) is 41.3 Å². The minimum atomic E-state index is -5.00. The summed E-state index contributed by atoms with van der Waals surface area (Å²) in [5.41, 5.74) is 0.309. The van der Waals surface area contributed by atoms with Gasteiger partial charge >= 0.3 is 7.60 Å². The van der Waals surface area contributed by atoms with E-state index in [-0.39, 0.29) is 52.9 Å². The smallest absolute Gasteiger partial charge is 0.340 e. The Morgan fingerprint density at radius 3 is 2.57 bits per heavy atom. The number of aryl methyl sites for hydroxylation is 1. The molecule has 3 amide bonds. The number of nitrogens with one attached hydrogen (secondary N) is 1. The molecule has 0 spiro atoms. The van der Waals surface area contributed by atoms with Crippen molar-refractivity contribution in [2.24, 2.45) is 13.0 Å². The molecule has 0 bridgehead atoms. The molecule has 3 aliphatic rings. The zero-order valence-corrected chi connectivity index (χ0v) is 27.3. The first-order chi connectivity index (χ1) is 22.3. The number of fused-ring (bicyclic) bond motifs is 2. The van der Waals surface area contributed by atoms with Crippen molar-refractivity contribution >= 4 is 46.7 Å². The van der Waals surface area contributed by atoms with Crippen molar-refractivity contribution in [3.05, 3.63) is 69.0 Å².